The third kappa shape index (κ3) is 1.17. The third-order valence-corrected chi connectivity index (χ3v) is 2.78. The minimum Gasteiger partial charge on any atom is -0.276 e. The standard InChI is InChI=1S/C5H2Br2N2/c6-5-4(3-8)1-2-9(5)7/h1-2H. The number of nitrogens with zero attached hydrogens (tertiary/aromatic N) is 2. The molecular weight excluding hydrogens is 248 g/mol. The Morgan fingerprint density at radius 1 is 1.67 bits per heavy atom. The molecule has 0 N–H and O–H groups in total. The van der Waals surface area contributed by atoms with Crippen LogP contribution in [0.2, 0.25) is 0 Å². The van der Waals surface area contributed by atoms with E-state index in [1.54, 1.807) is 15.9 Å². The molecule has 46 valence electrons. The minimum absolute atomic E-state index is 0.631. The summed E-state index contributed by atoms with van der Waals surface area (Å²) >= 11 is 6.38. The van der Waals surface area contributed by atoms with Crippen molar-refractivity contribution in [3.05, 3.63) is 22.4 Å². The summed E-state index contributed by atoms with van der Waals surface area (Å²) < 4.78 is 2.41. The van der Waals surface area contributed by atoms with Crippen molar-refractivity contribution in [3.63, 3.8) is 0 Å². The van der Waals surface area contributed by atoms with E-state index in [0.717, 1.165) is 4.60 Å². The van der Waals surface area contributed by atoms with E-state index in [4.69, 9.17) is 5.26 Å². The van der Waals surface area contributed by atoms with Gasteiger partial charge in [-0.2, -0.15) is 5.26 Å². The molecule has 0 amide bonds. The molecule has 0 spiro atoms. The maximum Gasteiger partial charge on any atom is 0.113 e. The highest BCUT2D eigenvalue weighted by atomic mass is 79.9. The van der Waals surface area contributed by atoms with Crippen molar-refractivity contribution in [1.29, 1.82) is 5.26 Å². The summed E-state index contributed by atoms with van der Waals surface area (Å²) in [5.74, 6) is 0. The maximum atomic E-state index is 8.42. The fourth-order valence-electron chi connectivity index (χ4n) is 0.473. The zero-order valence-corrected chi connectivity index (χ0v) is 7.48. The molecule has 9 heavy (non-hydrogen) atoms. The fraction of sp³-hybridized carbons (Fsp3) is 0. The average molecular weight is 250 g/mol. The highest BCUT2D eigenvalue weighted by Gasteiger charge is 2.00. The predicted molar refractivity (Wildman–Crippen MR) is 41.2 cm³/mol. The van der Waals surface area contributed by atoms with Crippen LogP contribution >= 0.6 is 32.1 Å². The highest BCUT2D eigenvalue weighted by molar-refractivity contribution is 9.12. The van der Waals surface area contributed by atoms with Crippen LogP contribution in [0.3, 0.4) is 0 Å². The monoisotopic (exact) mass is 248 g/mol. The first-order valence-electron chi connectivity index (χ1n) is 2.19. The molecule has 0 saturated heterocycles. The van der Waals surface area contributed by atoms with E-state index in [-0.39, 0.29) is 0 Å². The molecule has 1 heterocycles. The SMILES string of the molecule is N#Cc1ccn(Br)c1Br. The van der Waals surface area contributed by atoms with Crippen LogP contribution in [0.1, 0.15) is 5.56 Å². The van der Waals surface area contributed by atoms with Crippen LogP contribution in [0.25, 0.3) is 0 Å². The first-order valence-corrected chi connectivity index (χ1v) is 3.69. The molecule has 0 fully saturated rings. The first kappa shape index (κ1) is 6.84. The Kier molecular flexibility index (Phi) is 1.94. The second kappa shape index (κ2) is 2.54. The van der Waals surface area contributed by atoms with Crippen LogP contribution in [-0.2, 0) is 0 Å². The largest absolute Gasteiger partial charge is 0.276 e. The van der Waals surface area contributed by atoms with Crippen molar-refractivity contribution in [2.24, 2.45) is 0 Å². The number of hydrogen-bond donors (Lipinski definition) is 0. The van der Waals surface area contributed by atoms with Gasteiger partial charge in [0.05, 0.1) is 21.7 Å². The number of hydrogen-bond acceptors (Lipinski definition) is 1. The van der Waals surface area contributed by atoms with Gasteiger partial charge < -0.3 is 0 Å². The van der Waals surface area contributed by atoms with Crippen molar-refractivity contribution < 1.29 is 0 Å². The molecule has 1 aromatic rings. The third-order valence-electron chi connectivity index (χ3n) is 0.902. The summed E-state index contributed by atoms with van der Waals surface area (Å²) in [6.07, 6.45) is 1.75. The molecule has 0 radical (unpaired) electrons. The van der Waals surface area contributed by atoms with E-state index < -0.39 is 0 Å². The Bertz CT molecular complexity index is 258. The predicted octanol–water partition coefficient (Wildman–Crippen LogP) is 2.28. The number of rotatable bonds is 0. The summed E-state index contributed by atoms with van der Waals surface area (Å²) in [6.45, 7) is 0. The molecule has 2 nitrogen and oxygen atoms in total. The smallest absolute Gasteiger partial charge is 0.113 e. The molecule has 0 saturated carbocycles. The minimum atomic E-state index is 0.631. The van der Waals surface area contributed by atoms with E-state index in [9.17, 15) is 0 Å². The quantitative estimate of drug-likeness (QED) is 0.694. The average Bonchev–Trinajstić information content (AvgIpc) is 2.15. The number of aromatic nitrogens is 1. The fourth-order valence-corrected chi connectivity index (χ4v) is 1.12. The van der Waals surface area contributed by atoms with Gasteiger partial charge in [-0.05, 0) is 22.0 Å². The van der Waals surface area contributed by atoms with Gasteiger partial charge in [0.2, 0.25) is 0 Å². The van der Waals surface area contributed by atoms with Crippen molar-refractivity contribution >= 4 is 32.1 Å². The Morgan fingerprint density at radius 3 is 2.56 bits per heavy atom. The number of nitriles is 1. The van der Waals surface area contributed by atoms with Crippen LogP contribution in [0, 0.1) is 11.3 Å². The van der Waals surface area contributed by atoms with Crippen molar-refractivity contribution in [3.8, 4) is 6.07 Å². The van der Waals surface area contributed by atoms with Gasteiger partial charge in [0.15, 0.2) is 0 Å². The van der Waals surface area contributed by atoms with E-state index >= 15 is 0 Å². The molecular formula is C5H2Br2N2. The molecule has 0 aliphatic heterocycles. The summed E-state index contributed by atoms with van der Waals surface area (Å²) in [5.41, 5.74) is 0.631. The lowest BCUT2D eigenvalue weighted by Crippen LogP contribution is -1.74. The van der Waals surface area contributed by atoms with Crippen LogP contribution < -0.4 is 0 Å². The van der Waals surface area contributed by atoms with E-state index in [1.165, 1.54) is 0 Å². The molecule has 0 aromatic carbocycles. The molecule has 4 heteroatoms. The zero-order chi connectivity index (χ0) is 6.85. The summed E-state index contributed by atoms with van der Waals surface area (Å²) in [6, 6.07) is 3.74. The van der Waals surface area contributed by atoms with E-state index in [0.29, 0.717) is 5.56 Å². The van der Waals surface area contributed by atoms with Gasteiger partial charge in [0.25, 0.3) is 0 Å². The molecule has 0 bridgehead atoms. The van der Waals surface area contributed by atoms with Gasteiger partial charge in [-0.1, -0.05) is 0 Å². The number of halogens is 2. The van der Waals surface area contributed by atoms with Crippen LogP contribution in [-0.4, -0.2) is 3.59 Å². The van der Waals surface area contributed by atoms with Crippen molar-refractivity contribution in [2.45, 2.75) is 0 Å². The summed E-state index contributed by atoms with van der Waals surface area (Å²) in [4.78, 5) is 0. The van der Waals surface area contributed by atoms with Gasteiger partial charge in [-0.25, -0.2) is 0 Å². The molecule has 0 aliphatic carbocycles. The Morgan fingerprint density at radius 2 is 2.33 bits per heavy atom. The zero-order valence-electron chi connectivity index (χ0n) is 4.31. The topological polar surface area (TPSA) is 28.7 Å². The van der Waals surface area contributed by atoms with Gasteiger partial charge in [0.1, 0.15) is 10.7 Å². The molecule has 0 aliphatic rings. The Balaban J connectivity index is 3.24. The van der Waals surface area contributed by atoms with E-state index in [2.05, 4.69) is 32.1 Å². The van der Waals surface area contributed by atoms with Crippen molar-refractivity contribution in [1.82, 2.24) is 3.59 Å². The lowest BCUT2D eigenvalue weighted by Gasteiger charge is -1.86. The molecule has 1 rings (SSSR count). The second-order valence-corrected chi connectivity index (χ2v) is 2.96. The summed E-state index contributed by atoms with van der Waals surface area (Å²) in [5, 5.41) is 8.42. The second-order valence-electron chi connectivity index (χ2n) is 1.44. The molecule has 0 atom stereocenters. The molecule has 1 aromatic heterocycles. The maximum absolute atomic E-state index is 8.42. The Hall–Kier alpha value is -0.270. The first-order chi connectivity index (χ1) is 4.25. The highest BCUT2D eigenvalue weighted by Crippen LogP contribution is 2.18. The van der Waals surface area contributed by atoms with Gasteiger partial charge in [-0.3, -0.25) is 3.59 Å². The van der Waals surface area contributed by atoms with Crippen molar-refractivity contribution in [2.75, 3.05) is 0 Å². The van der Waals surface area contributed by atoms with E-state index in [1.807, 2.05) is 6.07 Å². The Labute approximate surface area is 69.6 Å². The van der Waals surface area contributed by atoms with Gasteiger partial charge >= 0.3 is 0 Å². The lowest BCUT2D eigenvalue weighted by molar-refractivity contribution is 1.27. The summed E-state index contributed by atoms with van der Waals surface area (Å²) in [7, 11) is 0. The van der Waals surface area contributed by atoms with Crippen LogP contribution in [0.4, 0.5) is 0 Å². The van der Waals surface area contributed by atoms with Crippen LogP contribution in [0.5, 0.6) is 0 Å². The normalized spacial score (nSPS) is 9.00. The van der Waals surface area contributed by atoms with Gasteiger partial charge in [0, 0.05) is 6.20 Å². The van der Waals surface area contributed by atoms with Crippen LogP contribution in [0.15, 0.2) is 16.9 Å². The molecule has 0 unspecified atom stereocenters. The van der Waals surface area contributed by atoms with Gasteiger partial charge in [-0.15, -0.1) is 0 Å². The lowest BCUT2D eigenvalue weighted by atomic mass is 10.4.